The number of nitrogens with zero attached hydrogens (tertiary/aromatic N) is 6. The highest BCUT2D eigenvalue weighted by atomic mass is 15.0. The van der Waals surface area contributed by atoms with Gasteiger partial charge in [-0.3, -0.25) is 0 Å². The Morgan fingerprint density at radius 1 is 0.411 bits per heavy atom. The molecule has 0 aliphatic heterocycles. The van der Waals surface area contributed by atoms with Gasteiger partial charge in [0.2, 0.25) is 0 Å². The molecule has 2 aromatic heterocycles. The standard InChI is InChI=1S/C67H54N6/c1-45-31-32-60(67-70-62(50-21-10-4-11-22-50)68-63(71-67)51-23-12-5-13-24-51)44-61(45)58-29-15-27-56(42-58)54-25-14-26-55(41-54)57-28-16-30-59(43-57)66-72-64(52-37-33-48(34-38-52)46-17-6-2-7-18-46)69-65(73-66)53-39-35-49(36-40-53)47-19-8-3-9-20-47/h2-4,6-12,15-21,23-24,26-45,50,61H,5,13-14,22,25H2,1H3. The van der Waals surface area contributed by atoms with E-state index in [1.165, 1.54) is 33.4 Å². The van der Waals surface area contributed by atoms with Crippen LogP contribution in [-0.2, 0) is 0 Å². The summed E-state index contributed by atoms with van der Waals surface area (Å²) < 4.78 is 0. The lowest BCUT2D eigenvalue weighted by atomic mass is 9.80. The zero-order chi connectivity index (χ0) is 48.9. The van der Waals surface area contributed by atoms with Crippen molar-refractivity contribution in [1.82, 2.24) is 29.9 Å². The van der Waals surface area contributed by atoms with Gasteiger partial charge in [0.25, 0.3) is 0 Å². The summed E-state index contributed by atoms with van der Waals surface area (Å²) in [7, 11) is 0. The van der Waals surface area contributed by atoms with Crippen molar-refractivity contribution in [3.05, 3.63) is 265 Å². The first-order chi connectivity index (χ1) is 36.0. The van der Waals surface area contributed by atoms with E-state index in [4.69, 9.17) is 29.9 Å². The lowest BCUT2D eigenvalue weighted by Gasteiger charge is -2.25. The molecular weight excluding hydrogens is 889 g/mol. The zero-order valence-electron chi connectivity index (χ0n) is 40.9. The van der Waals surface area contributed by atoms with E-state index < -0.39 is 0 Å². The van der Waals surface area contributed by atoms with Crippen molar-refractivity contribution in [3.8, 4) is 56.4 Å². The smallest absolute Gasteiger partial charge is 0.164 e. The van der Waals surface area contributed by atoms with Gasteiger partial charge in [-0.15, -0.1) is 0 Å². The Bertz CT molecular complexity index is 3490. The number of rotatable bonds is 11. The van der Waals surface area contributed by atoms with Crippen LogP contribution in [0.4, 0.5) is 0 Å². The molecule has 73 heavy (non-hydrogen) atoms. The highest BCUT2D eigenvalue weighted by Gasteiger charge is 2.25. The Kier molecular flexibility index (Phi) is 12.8. The molecule has 0 saturated carbocycles. The molecule has 6 heteroatoms. The van der Waals surface area contributed by atoms with E-state index in [-0.39, 0.29) is 11.8 Å². The van der Waals surface area contributed by atoms with Crippen LogP contribution in [0.15, 0.2) is 231 Å². The maximum Gasteiger partial charge on any atom is 0.164 e. The quantitative estimate of drug-likeness (QED) is 0.129. The summed E-state index contributed by atoms with van der Waals surface area (Å²) in [6, 6.07) is 55.7. The van der Waals surface area contributed by atoms with Gasteiger partial charge in [0.1, 0.15) is 5.82 Å². The Hall–Kier alpha value is -8.74. The van der Waals surface area contributed by atoms with Gasteiger partial charge >= 0.3 is 0 Å². The molecule has 8 aromatic rings. The van der Waals surface area contributed by atoms with Crippen LogP contribution < -0.4 is 0 Å². The van der Waals surface area contributed by atoms with Crippen LogP contribution in [0.3, 0.4) is 0 Å². The van der Waals surface area contributed by atoms with Gasteiger partial charge in [-0.25, -0.2) is 29.9 Å². The summed E-state index contributed by atoms with van der Waals surface area (Å²) in [5, 5.41) is 0. The first-order valence-corrected chi connectivity index (χ1v) is 25.6. The molecule has 3 unspecified atom stereocenters. The summed E-state index contributed by atoms with van der Waals surface area (Å²) in [6.07, 6.45) is 31.7. The molecule has 0 amide bonds. The number of hydrogen-bond acceptors (Lipinski definition) is 6. The van der Waals surface area contributed by atoms with Crippen LogP contribution in [-0.4, -0.2) is 29.9 Å². The van der Waals surface area contributed by atoms with Crippen molar-refractivity contribution in [3.63, 3.8) is 0 Å². The van der Waals surface area contributed by atoms with Crippen LogP contribution in [0, 0.1) is 5.92 Å². The van der Waals surface area contributed by atoms with Crippen LogP contribution in [0.5, 0.6) is 0 Å². The van der Waals surface area contributed by atoms with Crippen LogP contribution >= 0.6 is 0 Å². The number of hydrogen-bond donors (Lipinski definition) is 0. The van der Waals surface area contributed by atoms with Gasteiger partial charge in [0.05, 0.1) is 0 Å². The van der Waals surface area contributed by atoms with E-state index in [2.05, 4.69) is 225 Å². The second-order valence-electron chi connectivity index (χ2n) is 19.3. The minimum absolute atomic E-state index is 0.122. The second-order valence-corrected chi connectivity index (χ2v) is 19.3. The average Bonchev–Trinajstić information content (AvgIpc) is 3.48. The molecule has 4 aliphatic rings. The Morgan fingerprint density at radius 3 is 1.64 bits per heavy atom. The fraction of sp³-hybridized carbons (Fsp3) is 0.134. The van der Waals surface area contributed by atoms with Crippen molar-refractivity contribution < 1.29 is 0 Å². The van der Waals surface area contributed by atoms with E-state index in [0.29, 0.717) is 23.4 Å². The predicted octanol–water partition coefficient (Wildman–Crippen LogP) is 16.4. The van der Waals surface area contributed by atoms with E-state index in [9.17, 15) is 0 Å². The lowest BCUT2D eigenvalue weighted by Crippen LogP contribution is -2.14. The van der Waals surface area contributed by atoms with Crippen molar-refractivity contribution in [2.24, 2.45) is 5.92 Å². The van der Waals surface area contributed by atoms with Crippen LogP contribution in [0.25, 0.3) is 78.7 Å². The summed E-state index contributed by atoms with van der Waals surface area (Å²) in [6.45, 7) is 2.30. The highest BCUT2D eigenvalue weighted by Crippen LogP contribution is 2.39. The Labute approximate surface area is 428 Å². The van der Waals surface area contributed by atoms with Crippen molar-refractivity contribution in [2.45, 2.75) is 50.9 Å². The van der Waals surface area contributed by atoms with Crippen molar-refractivity contribution >= 4 is 22.3 Å². The van der Waals surface area contributed by atoms with E-state index in [1.807, 2.05) is 12.1 Å². The number of benzene rings is 6. The van der Waals surface area contributed by atoms with Crippen LogP contribution in [0.1, 0.15) is 85.0 Å². The molecule has 0 saturated heterocycles. The van der Waals surface area contributed by atoms with Crippen LogP contribution in [0.2, 0.25) is 0 Å². The molecule has 0 fully saturated rings. The van der Waals surface area contributed by atoms with E-state index >= 15 is 0 Å². The van der Waals surface area contributed by atoms with Gasteiger partial charge in [-0.1, -0.05) is 231 Å². The SMILES string of the molecule is CC1C=CC(c2nc(C3=CCCC=C3)nc(C3C=CC=CC3)n2)=CC1c1cccc(C2=CC(c3cccc(-c4nc(-c5ccc(-c6ccccc6)cc5)nc(-c5ccc(-c6ccccc6)cc5)n4)c3)=CCC2)c1. The van der Waals surface area contributed by atoms with Crippen molar-refractivity contribution in [1.29, 1.82) is 0 Å². The minimum Gasteiger partial charge on any atom is -0.212 e. The number of aromatic nitrogens is 6. The van der Waals surface area contributed by atoms with Gasteiger partial charge in [-0.2, -0.15) is 0 Å². The third-order valence-corrected chi connectivity index (χ3v) is 14.3. The molecule has 4 aliphatic carbocycles. The second kappa shape index (κ2) is 20.5. The minimum atomic E-state index is 0.122. The first kappa shape index (κ1) is 45.4. The normalized spacial score (nSPS) is 18.2. The molecule has 352 valence electrons. The molecular formula is C67H54N6. The first-order valence-electron chi connectivity index (χ1n) is 25.6. The predicted molar refractivity (Wildman–Crippen MR) is 299 cm³/mol. The maximum atomic E-state index is 5.16. The van der Waals surface area contributed by atoms with E-state index in [0.717, 1.165) is 94.1 Å². The van der Waals surface area contributed by atoms with Gasteiger partial charge in [-0.05, 0) is 94.2 Å². The fourth-order valence-electron chi connectivity index (χ4n) is 10.3. The topological polar surface area (TPSA) is 77.3 Å². The monoisotopic (exact) mass is 942 g/mol. The van der Waals surface area contributed by atoms with Crippen molar-refractivity contribution in [2.75, 3.05) is 0 Å². The average molecular weight is 943 g/mol. The summed E-state index contributed by atoms with van der Waals surface area (Å²) in [4.78, 5) is 30.7. The maximum absolute atomic E-state index is 5.16. The highest BCUT2D eigenvalue weighted by molar-refractivity contribution is 5.87. The third-order valence-electron chi connectivity index (χ3n) is 14.3. The van der Waals surface area contributed by atoms with E-state index in [1.54, 1.807) is 0 Å². The molecule has 6 nitrogen and oxygen atoms in total. The summed E-state index contributed by atoms with van der Waals surface area (Å²) in [5.74, 6) is 4.78. The fourth-order valence-corrected chi connectivity index (χ4v) is 10.3. The lowest BCUT2D eigenvalue weighted by molar-refractivity contribution is 0.636. The molecule has 6 aromatic carbocycles. The molecule has 0 N–H and O–H groups in total. The Balaban J connectivity index is 0.847. The molecule has 3 atom stereocenters. The van der Waals surface area contributed by atoms with Gasteiger partial charge < -0.3 is 0 Å². The largest absolute Gasteiger partial charge is 0.212 e. The molecule has 0 spiro atoms. The molecule has 0 radical (unpaired) electrons. The van der Waals surface area contributed by atoms with Gasteiger partial charge in [0, 0.05) is 39.7 Å². The summed E-state index contributed by atoms with van der Waals surface area (Å²) in [5.41, 5.74) is 15.7. The van der Waals surface area contributed by atoms with Gasteiger partial charge in [0.15, 0.2) is 29.1 Å². The zero-order valence-corrected chi connectivity index (χ0v) is 40.9. The molecule has 12 rings (SSSR count). The number of allylic oxidation sites excluding steroid dienone is 16. The molecule has 0 bridgehead atoms. The third kappa shape index (κ3) is 9.98. The summed E-state index contributed by atoms with van der Waals surface area (Å²) >= 11 is 0. The molecule has 2 heterocycles. The Morgan fingerprint density at radius 2 is 0.986 bits per heavy atom.